The number of rotatable bonds is 3. The second-order valence-electron chi connectivity index (χ2n) is 2.86. The first-order valence-electron chi connectivity index (χ1n) is 4.24. The van der Waals surface area contributed by atoms with Gasteiger partial charge in [-0.15, -0.1) is 0 Å². The number of ketones is 2. The van der Waals surface area contributed by atoms with Gasteiger partial charge in [-0.25, -0.2) is 0 Å². The van der Waals surface area contributed by atoms with Crippen LogP contribution in [0.4, 0.5) is 0 Å². The number of hydrogen-bond acceptors (Lipinski definition) is 3. The third kappa shape index (κ3) is 2.05. The molecule has 0 aromatic heterocycles. The summed E-state index contributed by atoms with van der Waals surface area (Å²) in [5.74, 6) is -0.200. The average Bonchev–Trinajstić information content (AvgIpc) is 2.11. The number of hydrogen-bond donors (Lipinski definition) is 0. The van der Waals surface area contributed by atoms with Crippen LogP contribution in [0.1, 0.15) is 19.8 Å². The van der Waals surface area contributed by atoms with Gasteiger partial charge in [-0.05, 0) is 12.5 Å². The van der Waals surface area contributed by atoms with Crippen molar-refractivity contribution in [3.8, 4) is 0 Å². The molecule has 1 aliphatic carbocycles. The highest BCUT2D eigenvalue weighted by Crippen LogP contribution is 2.15. The molecule has 0 atom stereocenters. The van der Waals surface area contributed by atoms with E-state index in [-0.39, 0.29) is 17.3 Å². The Labute approximate surface area is 77.1 Å². The molecule has 0 aromatic carbocycles. The van der Waals surface area contributed by atoms with Crippen LogP contribution in [0.25, 0.3) is 0 Å². The fraction of sp³-hybridized carbons (Fsp3) is 0.400. The summed E-state index contributed by atoms with van der Waals surface area (Å²) < 4.78 is 4.75. The minimum Gasteiger partial charge on any atom is -0.493 e. The van der Waals surface area contributed by atoms with Crippen molar-refractivity contribution in [2.75, 3.05) is 7.11 Å². The van der Waals surface area contributed by atoms with E-state index in [1.165, 1.54) is 19.3 Å². The lowest BCUT2D eigenvalue weighted by atomic mass is 9.99. The summed E-state index contributed by atoms with van der Waals surface area (Å²) in [7, 11) is 1.38. The maximum Gasteiger partial charge on any atom is 0.220 e. The fourth-order valence-corrected chi connectivity index (χ4v) is 1.21. The Hall–Kier alpha value is -1.38. The Kier molecular flexibility index (Phi) is 3.01. The lowest BCUT2D eigenvalue weighted by Gasteiger charge is -2.09. The van der Waals surface area contributed by atoms with Crippen molar-refractivity contribution in [2.45, 2.75) is 19.8 Å². The third-order valence-electron chi connectivity index (χ3n) is 1.87. The Morgan fingerprint density at radius 2 is 1.92 bits per heavy atom. The van der Waals surface area contributed by atoms with Gasteiger partial charge in [0.25, 0.3) is 0 Å². The number of ether oxygens (including phenoxy) is 1. The summed E-state index contributed by atoms with van der Waals surface area (Å²) in [6.45, 7) is 1.97. The SMILES string of the molecule is CCCC1=CC(=O)C(OC)=CC1=O. The maximum atomic E-state index is 11.3. The second kappa shape index (κ2) is 4.03. The minimum absolute atomic E-state index is 0.113. The highest BCUT2D eigenvalue weighted by molar-refractivity contribution is 6.19. The zero-order valence-corrected chi connectivity index (χ0v) is 7.79. The van der Waals surface area contributed by atoms with Gasteiger partial charge >= 0.3 is 0 Å². The van der Waals surface area contributed by atoms with Crippen LogP contribution >= 0.6 is 0 Å². The standard InChI is InChI=1S/C10H12O3/c1-3-4-7-5-9(12)10(13-2)6-8(7)11/h5-6H,3-4H2,1-2H3. The zero-order valence-electron chi connectivity index (χ0n) is 7.79. The van der Waals surface area contributed by atoms with Crippen molar-refractivity contribution in [2.24, 2.45) is 0 Å². The molecule has 0 N–H and O–H groups in total. The lowest BCUT2D eigenvalue weighted by Crippen LogP contribution is -2.14. The van der Waals surface area contributed by atoms with Crippen molar-refractivity contribution in [1.82, 2.24) is 0 Å². The van der Waals surface area contributed by atoms with E-state index >= 15 is 0 Å². The monoisotopic (exact) mass is 180 g/mol. The van der Waals surface area contributed by atoms with Gasteiger partial charge in [-0.2, -0.15) is 0 Å². The molecule has 0 fully saturated rings. The Bertz CT molecular complexity index is 297. The van der Waals surface area contributed by atoms with E-state index in [9.17, 15) is 9.59 Å². The van der Waals surface area contributed by atoms with E-state index < -0.39 is 0 Å². The van der Waals surface area contributed by atoms with E-state index in [2.05, 4.69) is 0 Å². The van der Waals surface area contributed by atoms with Crippen LogP contribution in [-0.2, 0) is 14.3 Å². The molecule has 0 amide bonds. The van der Waals surface area contributed by atoms with Crippen LogP contribution in [0, 0.1) is 0 Å². The Morgan fingerprint density at radius 1 is 1.23 bits per heavy atom. The fourth-order valence-electron chi connectivity index (χ4n) is 1.21. The molecular formula is C10H12O3. The molecule has 0 saturated carbocycles. The zero-order chi connectivity index (χ0) is 9.84. The largest absolute Gasteiger partial charge is 0.493 e. The molecule has 0 spiro atoms. The summed E-state index contributed by atoms with van der Waals surface area (Å²) in [6, 6.07) is 0. The topological polar surface area (TPSA) is 43.4 Å². The average molecular weight is 180 g/mol. The molecule has 3 nitrogen and oxygen atoms in total. The third-order valence-corrected chi connectivity index (χ3v) is 1.87. The van der Waals surface area contributed by atoms with E-state index in [1.54, 1.807) is 0 Å². The molecule has 0 radical (unpaired) electrons. The number of carbonyl (C=O) groups excluding carboxylic acids is 2. The van der Waals surface area contributed by atoms with Crippen molar-refractivity contribution in [1.29, 1.82) is 0 Å². The smallest absolute Gasteiger partial charge is 0.220 e. The molecular weight excluding hydrogens is 168 g/mol. The summed E-state index contributed by atoms with van der Waals surface area (Å²) in [5, 5.41) is 0. The summed E-state index contributed by atoms with van der Waals surface area (Å²) in [6.07, 6.45) is 4.14. The van der Waals surface area contributed by atoms with Gasteiger partial charge in [-0.3, -0.25) is 9.59 Å². The molecule has 0 aromatic rings. The van der Waals surface area contributed by atoms with Gasteiger partial charge in [0.1, 0.15) is 0 Å². The van der Waals surface area contributed by atoms with Gasteiger partial charge in [0.05, 0.1) is 7.11 Å². The molecule has 0 saturated heterocycles. The van der Waals surface area contributed by atoms with Gasteiger partial charge in [0.15, 0.2) is 11.5 Å². The van der Waals surface area contributed by atoms with Crippen LogP contribution in [-0.4, -0.2) is 18.7 Å². The van der Waals surface area contributed by atoms with Crippen molar-refractivity contribution < 1.29 is 14.3 Å². The molecule has 0 aliphatic heterocycles. The summed E-state index contributed by atoms with van der Waals surface area (Å²) in [4.78, 5) is 22.6. The van der Waals surface area contributed by atoms with E-state index in [1.807, 2.05) is 6.92 Å². The first-order chi connectivity index (χ1) is 6.19. The Balaban J connectivity index is 2.85. The molecule has 0 unspecified atom stereocenters. The molecule has 70 valence electrons. The van der Waals surface area contributed by atoms with Crippen LogP contribution in [0.3, 0.4) is 0 Å². The minimum atomic E-state index is -0.217. The van der Waals surface area contributed by atoms with Crippen LogP contribution in [0.2, 0.25) is 0 Å². The molecule has 1 aliphatic rings. The summed E-state index contributed by atoms with van der Waals surface area (Å²) in [5.41, 5.74) is 0.577. The normalized spacial score (nSPS) is 16.8. The number of methoxy groups -OCH3 is 1. The van der Waals surface area contributed by atoms with E-state index in [0.29, 0.717) is 12.0 Å². The van der Waals surface area contributed by atoms with Gasteiger partial charge in [0.2, 0.25) is 5.78 Å². The lowest BCUT2D eigenvalue weighted by molar-refractivity contribution is -0.117. The highest BCUT2D eigenvalue weighted by Gasteiger charge is 2.19. The number of carbonyl (C=O) groups is 2. The van der Waals surface area contributed by atoms with Gasteiger partial charge in [0, 0.05) is 11.6 Å². The maximum absolute atomic E-state index is 11.3. The quantitative estimate of drug-likeness (QED) is 0.616. The first-order valence-corrected chi connectivity index (χ1v) is 4.24. The van der Waals surface area contributed by atoms with E-state index in [0.717, 1.165) is 6.42 Å². The molecule has 1 rings (SSSR count). The van der Waals surface area contributed by atoms with Crippen molar-refractivity contribution in [3.05, 3.63) is 23.5 Å². The molecule has 13 heavy (non-hydrogen) atoms. The van der Waals surface area contributed by atoms with Crippen LogP contribution < -0.4 is 0 Å². The van der Waals surface area contributed by atoms with Crippen molar-refractivity contribution in [3.63, 3.8) is 0 Å². The van der Waals surface area contributed by atoms with Crippen molar-refractivity contribution >= 4 is 11.6 Å². The van der Waals surface area contributed by atoms with Crippen LogP contribution in [0.5, 0.6) is 0 Å². The first kappa shape index (κ1) is 9.71. The predicted molar refractivity (Wildman–Crippen MR) is 48.1 cm³/mol. The van der Waals surface area contributed by atoms with E-state index in [4.69, 9.17) is 4.74 Å². The predicted octanol–water partition coefficient (Wildman–Crippen LogP) is 1.40. The molecule has 0 heterocycles. The Morgan fingerprint density at radius 3 is 2.46 bits per heavy atom. The second-order valence-corrected chi connectivity index (χ2v) is 2.86. The van der Waals surface area contributed by atoms with Gasteiger partial charge < -0.3 is 4.74 Å². The number of allylic oxidation sites excluding steroid dienone is 3. The van der Waals surface area contributed by atoms with Gasteiger partial charge in [-0.1, -0.05) is 13.3 Å². The molecule has 3 heteroatoms. The molecule has 0 bridgehead atoms. The van der Waals surface area contributed by atoms with Crippen LogP contribution in [0.15, 0.2) is 23.5 Å². The highest BCUT2D eigenvalue weighted by atomic mass is 16.5. The summed E-state index contributed by atoms with van der Waals surface area (Å²) >= 11 is 0.